The first-order valence-electron chi connectivity index (χ1n) is 6.48. The molecule has 1 N–H and O–H groups in total. The normalized spacial score (nSPS) is 16.5. The van der Waals surface area contributed by atoms with Gasteiger partial charge in [-0.1, -0.05) is 0 Å². The molecule has 1 aromatic rings. The van der Waals surface area contributed by atoms with E-state index in [9.17, 15) is 0 Å². The molecule has 1 aromatic heterocycles. The van der Waals surface area contributed by atoms with Crippen LogP contribution in [0.4, 0.5) is 11.9 Å². The van der Waals surface area contributed by atoms with Crippen molar-refractivity contribution < 1.29 is 9.47 Å². The Morgan fingerprint density at radius 3 is 2.53 bits per heavy atom. The van der Waals surface area contributed by atoms with Gasteiger partial charge in [-0.3, -0.25) is 0 Å². The molecule has 0 amide bonds. The van der Waals surface area contributed by atoms with Gasteiger partial charge in [0, 0.05) is 33.9 Å². The van der Waals surface area contributed by atoms with Crippen LogP contribution in [0.1, 0.15) is 12.8 Å². The van der Waals surface area contributed by atoms with Gasteiger partial charge in [0.25, 0.3) is 0 Å². The van der Waals surface area contributed by atoms with E-state index in [0.29, 0.717) is 23.8 Å². The molecule has 0 unspecified atom stereocenters. The fourth-order valence-corrected chi connectivity index (χ4v) is 2.23. The zero-order chi connectivity index (χ0) is 13.7. The number of piperidine rings is 1. The summed E-state index contributed by atoms with van der Waals surface area (Å²) in [5.41, 5.74) is 0. The summed E-state index contributed by atoms with van der Waals surface area (Å²) in [4.78, 5) is 15.0. The standard InChI is InChI=1S/C12H21N5O2/c1-13-10-14-11(16-12(15-10)19-3)17-6-4-9(5-7-17)8-18-2/h9H,4-8H2,1-3H3,(H,13,14,15,16). The van der Waals surface area contributed by atoms with Crippen molar-refractivity contribution in [2.45, 2.75) is 12.8 Å². The third-order valence-electron chi connectivity index (χ3n) is 3.31. The average Bonchev–Trinajstić information content (AvgIpc) is 2.47. The number of ether oxygens (including phenoxy) is 2. The monoisotopic (exact) mass is 267 g/mol. The molecule has 7 nitrogen and oxygen atoms in total. The number of hydrogen-bond acceptors (Lipinski definition) is 7. The molecule has 0 spiro atoms. The predicted molar refractivity (Wildman–Crippen MR) is 72.7 cm³/mol. The SMILES string of the molecule is CNc1nc(OC)nc(N2CCC(COC)CC2)n1. The van der Waals surface area contributed by atoms with Crippen LogP contribution in [0.3, 0.4) is 0 Å². The number of anilines is 2. The van der Waals surface area contributed by atoms with E-state index < -0.39 is 0 Å². The maximum atomic E-state index is 5.21. The molecule has 106 valence electrons. The highest BCUT2D eigenvalue weighted by molar-refractivity contribution is 5.38. The number of nitrogens with one attached hydrogen (secondary N) is 1. The van der Waals surface area contributed by atoms with Gasteiger partial charge >= 0.3 is 6.01 Å². The van der Waals surface area contributed by atoms with Crippen molar-refractivity contribution in [2.24, 2.45) is 5.92 Å². The van der Waals surface area contributed by atoms with Gasteiger partial charge < -0.3 is 19.7 Å². The summed E-state index contributed by atoms with van der Waals surface area (Å²) in [6.45, 7) is 2.70. The minimum absolute atomic E-state index is 0.341. The largest absolute Gasteiger partial charge is 0.467 e. The van der Waals surface area contributed by atoms with Gasteiger partial charge in [0.1, 0.15) is 0 Å². The number of methoxy groups -OCH3 is 2. The molecule has 1 aliphatic rings. The van der Waals surface area contributed by atoms with Gasteiger partial charge in [0.2, 0.25) is 11.9 Å². The second kappa shape index (κ2) is 6.51. The van der Waals surface area contributed by atoms with Gasteiger partial charge in [-0.15, -0.1) is 0 Å². The Morgan fingerprint density at radius 1 is 1.21 bits per heavy atom. The molecule has 1 saturated heterocycles. The van der Waals surface area contributed by atoms with E-state index in [1.54, 1.807) is 21.3 Å². The zero-order valence-corrected chi connectivity index (χ0v) is 11.7. The molecule has 0 bridgehead atoms. The van der Waals surface area contributed by atoms with Crippen molar-refractivity contribution in [1.29, 1.82) is 0 Å². The molecular weight excluding hydrogens is 246 g/mol. The molecule has 1 aliphatic heterocycles. The first-order valence-corrected chi connectivity index (χ1v) is 6.48. The first-order chi connectivity index (χ1) is 9.26. The molecule has 2 rings (SSSR count). The fourth-order valence-electron chi connectivity index (χ4n) is 2.23. The number of aromatic nitrogens is 3. The molecule has 0 aromatic carbocycles. The molecular formula is C12H21N5O2. The van der Waals surface area contributed by atoms with Gasteiger partial charge in [0.05, 0.1) is 7.11 Å². The van der Waals surface area contributed by atoms with Crippen LogP contribution in [0.25, 0.3) is 0 Å². The Labute approximate surface area is 113 Å². The van der Waals surface area contributed by atoms with Crippen LogP contribution in [0, 0.1) is 5.92 Å². The fraction of sp³-hybridized carbons (Fsp3) is 0.750. The third kappa shape index (κ3) is 3.44. The van der Waals surface area contributed by atoms with Gasteiger partial charge in [-0.05, 0) is 18.8 Å². The van der Waals surface area contributed by atoms with E-state index >= 15 is 0 Å². The highest BCUT2D eigenvalue weighted by Crippen LogP contribution is 2.22. The minimum atomic E-state index is 0.341. The minimum Gasteiger partial charge on any atom is -0.467 e. The Kier molecular flexibility index (Phi) is 4.73. The van der Waals surface area contributed by atoms with Crippen LogP contribution in [0.15, 0.2) is 0 Å². The molecule has 0 radical (unpaired) electrons. The summed E-state index contributed by atoms with van der Waals surface area (Å²) in [7, 11) is 5.09. The van der Waals surface area contributed by atoms with Crippen LogP contribution in [0.5, 0.6) is 6.01 Å². The molecule has 0 atom stereocenters. The van der Waals surface area contributed by atoms with E-state index in [-0.39, 0.29) is 0 Å². The van der Waals surface area contributed by atoms with Gasteiger partial charge in [-0.2, -0.15) is 15.0 Å². The third-order valence-corrected chi connectivity index (χ3v) is 3.31. The van der Waals surface area contributed by atoms with Gasteiger partial charge in [0.15, 0.2) is 0 Å². The average molecular weight is 267 g/mol. The number of nitrogens with zero attached hydrogens (tertiary/aromatic N) is 4. The predicted octanol–water partition coefficient (Wildman–Crippen LogP) is 0.785. The number of hydrogen-bond donors (Lipinski definition) is 1. The summed E-state index contributed by atoms with van der Waals surface area (Å²) in [6, 6.07) is 0.341. The van der Waals surface area contributed by atoms with Crippen molar-refractivity contribution in [3.05, 3.63) is 0 Å². The summed E-state index contributed by atoms with van der Waals surface area (Å²) in [5, 5.41) is 2.92. The van der Waals surface area contributed by atoms with Crippen molar-refractivity contribution in [1.82, 2.24) is 15.0 Å². The highest BCUT2D eigenvalue weighted by Gasteiger charge is 2.22. The van der Waals surface area contributed by atoms with E-state index in [1.165, 1.54) is 0 Å². The van der Waals surface area contributed by atoms with Crippen LogP contribution >= 0.6 is 0 Å². The number of rotatable bonds is 5. The molecule has 19 heavy (non-hydrogen) atoms. The Morgan fingerprint density at radius 2 is 1.95 bits per heavy atom. The van der Waals surface area contributed by atoms with Crippen molar-refractivity contribution in [3.63, 3.8) is 0 Å². The van der Waals surface area contributed by atoms with Crippen LogP contribution in [-0.4, -0.2) is 55.9 Å². The van der Waals surface area contributed by atoms with Crippen molar-refractivity contribution in [3.8, 4) is 6.01 Å². The second-order valence-corrected chi connectivity index (χ2v) is 4.58. The Bertz CT molecular complexity index is 385. The summed E-state index contributed by atoms with van der Waals surface area (Å²) < 4.78 is 10.3. The van der Waals surface area contributed by atoms with Gasteiger partial charge in [-0.25, -0.2) is 0 Å². The molecule has 0 saturated carbocycles. The van der Waals surface area contributed by atoms with Crippen molar-refractivity contribution >= 4 is 11.9 Å². The highest BCUT2D eigenvalue weighted by atomic mass is 16.5. The van der Waals surface area contributed by atoms with Crippen molar-refractivity contribution in [2.75, 3.05) is 51.2 Å². The lowest BCUT2D eigenvalue weighted by Crippen LogP contribution is -2.36. The Balaban J connectivity index is 2.06. The van der Waals surface area contributed by atoms with Crippen LogP contribution in [-0.2, 0) is 4.74 Å². The topological polar surface area (TPSA) is 72.4 Å². The lowest BCUT2D eigenvalue weighted by atomic mass is 9.98. The molecule has 2 heterocycles. The maximum Gasteiger partial charge on any atom is 0.322 e. The summed E-state index contributed by atoms with van der Waals surface area (Å²) in [6.07, 6.45) is 2.19. The van der Waals surface area contributed by atoms with E-state index in [4.69, 9.17) is 9.47 Å². The zero-order valence-electron chi connectivity index (χ0n) is 11.7. The van der Waals surface area contributed by atoms with E-state index in [1.807, 2.05) is 0 Å². The quantitative estimate of drug-likeness (QED) is 0.845. The molecule has 0 aliphatic carbocycles. The smallest absolute Gasteiger partial charge is 0.322 e. The van der Waals surface area contributed by atoms with E-state index in [0.717, 1.165) is 32.5 Å². The summed E-state index contributed by atoms with van der Waals surface area (Å²) >= 11 is 0. The maximum absolute atomic E-state index is 5.21. The molecule has 7 heteroatoms. The van der Waals surface area contributed by atoms with E-state index in [2.05, 4.69) is 25.2 Å². The van der Waals surface area contributed by atoms with Crippen LogP contribution < -0.4 is 15.0 Å². The second-order valence-electron chi connectivity index (χ2n) is 4.58. The molecule has 1 fully saturated rings. The lowest BCUT2D eigenvalue weighted by molar-refractivity contribution is 0.139. The lowest BCUT2D eigenvalue weighted by Gasteiger charge is -2.31. The van der Waals surface area contributed by atoms with Crippen LogP contribution in [0.2, 0.25) is 0 Å². The first kappa shape index (κ1) is 13.8. The Hall–Kier alpha value is -1.63. The summed E-state index contributed by atoms with van der Waals surface area (Å²) in [5.74, 6) is 1.83.